The molecular formula is C21H22N2O. The van der Waals surface area contributed by atoms with Crippen LogP contribution in [-0.2, 0) is 17.8 Å². The first-order valence-corrected chi connectivity index (χ1v) is 8.70. The van der Waals surface area contributed by atoms with Crippen LogP contribution in [0.4, 0.5) is 0 Å². The van der Waals surface area contributed by atoms with Crippen LogP contribution in [0.2, 0.25) is 0 Å². The molecule has 3 nitrogen and oxygen atoms in total. The molecular weight excluding hydrogens is 296 g/mol. The number of amides is 1. The highest BCUT2D eigenvalue weighted by Gasteiger charge is 2.28. The molecule has 3 heteroatoms. The number of aromatic nitrogens is 1. The van der Waals surface area contributed by atoms with Gasteiger partial charge in [0.05, 0.1) is 5.92 Å². The maximum atomic E-state index is 13.1. The van der Waals surface area contributed by atoms with Crippen LogP contribution in [0.1, 0.15) is 36.1 Å². The molecule has 0 aliphatic carbocycles. The van der Waals surface area contributed by atoms with Crippen LogP contribution in [0.3, 0.4) is 0 Å². The first kappa shape index (κ1) is 15.0. The third-order valence-electron chi connectivity index (χ3n) is 5.10. The van der Waals surface area contributed by atoms with Crippen LogP contribution < -0.4 is 0 Å². The lowest BCUT2D eigenvalue weighted by Crippen LogP contribution is -2.38. The highest BCUT2D eigenvalue weighted by molar-refractivity contribution is 5.87. The summed E-state index contributed by atoms with van der Waals surface area (Å²) in [5.74, 6) is 0.206. The molecule has 4 rings (SSSR count). The molecule has 1 unspecified atom stereocenters. The standard InChI is InChI=1S/C21H22N2O/c1-2-16(15-8-4-3-5-9-15)21(24)23-13-12-20-18(14-23)17-10-6-7-11-19(17)22-20/h3-11,16,22H,2,12-14H2,1H3. The monoisotopic (exact) mass is 318 g/mol. The van der Waals surface area contributed by atoms with Gasteiger partial charge in [0.25, 0.3) is 0 Å². The Kier molecular flexibility index (Phi) is 3.85. The van der Waals surface area contributed by atoms with E-state index >= 15 is 0 Å². The molecule has 2 aromatic carbocycles. The van der Waals surface area contributed by atoms with Crippen molar-refractivity contribution in [2.45, 2.75) is 32.2 Å². The number of fused-ring (bicyclic) bond motifs is 3. The average Bonchev–Trinajstić information content (AvgIpc) is 3.01. The van der Waals surface area contributed by atoms with Gasteiger partial charge in [0.1, 0.15) is 0 Å². The van der Waals surface area contributed by atoms with E-state index in [1.165, 1.54) is 22.2 Å². The van der Waals surface area contributed by atoms with E-state index in [9.17, 15) is 4.79 Å². The van der Waals surface area contributed by atoms with Crippen molar-refractivity contribution in [1.29, 1.82) is 0 Å². The van der Waals surface area contributed by atoms with Crippen molar-refractivity contribution in [3.8, 4) is 0 Å². The largest absolute Gasteiger partial charge is 0.358 e. The molecule has 1 amide bonds. The zero-order valence-corrected chi connectivity index (χ0v) is 14.0. The second kappa shape index (κ2) is 6.16. The third-order valence-corrected chi connectivity index (χ3v) is 5.10. The molecule has 0 bridgehead atoms. The summed E-state index contributed by atoms with van der Waals surface area (Å²) >= 11 is 0. The second-order valence-corrected chi connectivity index (χ2v) is 6.51. The SMILES string of the molecule is CCC(C(=O)N1CCc2[nH]c3ccccc3c2C1)c1ccccc1. The summed E-state index contributed by atoms with van der Waals surface area (Å²) in [5.41, 5.74) is 4.86. The number of carbonyl (C=O) groups excluding carboxylic acids is 1. The van der Waals surface area contributed by atoms with E-state index in [-0.39, 0.29) is 11.8 Å². The molecule has 1 aliphatic heterocycles. The smallest absolute Gasteiger partial charge is 0.230 e. The number of hydrogen-bond acceptors (Lipinski definition) is 1. The van der Waals surface area contributed by atoms with Crippen molar-refractivity contribution in [2.75, 3.05) is 6.54 Å². The zero-order valence-electron chi connectivity index (χ0n) is 14.0. The van der Waals surface area contributed by atoms with Gasteiger partial charge in [-0.3, -0.25) is 4.79 Å². The Morgan fingerprint density at radius 2 is 1.88 bits per heavy atom. The van der Waals surface area contributed by atoms with Gasteiger partial charge in [-0.05, 0) is 18.1 Å². The van der Waals surface area contributed by atoms with Crippen LogP contribution >= 0.6 is 0 Å². The zero-order chi connectivity index (χ0) is 16.5. The minimum Gasteiger partial charge on any atom is -0.358 e. The normalized spacial score (nSPS) is 15.3. The van der Waals surface area contributed by atoms with Gasteiger partial charge in [0.15, 0.2) is 0 Å². The molecule has 1 N–H and O–H groups in total. The topological polar surface area (TPSA) is 36.1 Å². The summed E-state index contributed by atoms with van der Waals surface area (Å²) in [6.45, 7) is 3.60. The molecule has 0 radical (unpaired) electrons. The van der Waals surface area contributed by atoms with E-state index in [2.05, 4.69) is 48.3 Å². The van der Waals surface area contributed by atoms with Crippen LogP contribution in [0, 0.1) is 0 Å². The Morgan fingerprint density at radius 1 is 1.12 bits per heavy atom. The summed E-state index contributed by atoms with van der Waals surface area (Å²) in [5, 5.41) is 1.25. The number of aromatic amines is 1. The fourth-order valence-corrected chi connectivity index (χ4v) is 3.81. The summed E-state index contributed by atoms with van der Waals surface area (Å²) in [6.07, 6.45) is 1.74. The van der Waals surface area contributed by atoms with Gasteiger partial charge >= 0.3 is 0 Å². The van der Waals surface area contributed by atoms with Crippen LogP contribution in [0.5, 0.6) is 0 Å². The molecule has 0 fully saturated rings. The number of nitrogens with one attached hydrogen (secondary N) is 1. The predicted molar refractivity (Wildman–Crippen MR) is 96.9 cm³/mol. The molecule has 3 aromatic rings. The van der Waals surface area contributed by atoms with Gasteiger partial charge in [-0.2, -0.15) is 0 Å². The summed E-state index contributed by atoms with van der Waals surface area (Å²) in [4.78, 5) is 18.7. The first-order valence-electron chi connectivity index (χ1n) is 8.70. The van der Waals surface area contributed by atoms with E-state index in [1.54, 1.807) is 0 Å². The number of H-pyrrole nitrogens is 1. The molecule has 122 valence electrons. The number of hydrogen-bond donors (Lipinski definition) is 1. The predicted octanol–water partition coefficient (Wildman–Crippen LogP) is 4.25. The van der Waals surface area contributed by atoms with E-state index in [0.29, 0.717) is 6.54 Å². The maximum absolute atomic E-state index is 13.1. The van der Waals surface area contributed by atoms with Crippen molar-refractivity contribution < 1.29 is 4.79 Å². The number of carbonyl (C=O) groups is 1. The Hall–Kier alpha value is -2.55. The van der Waals surface area contributed by atoms with Crippen LogP contribution in [-0.4, -0.2) is 22.3 Å². The molecule has 0 spiro atoms. The molecule has 0 saturated carbocycles. The fourth-order valence-electron chi connectivity index (χ4n) is 3.81. The molecule has 1 aromatic heterocycles. The summed E-state index contributed by atoms with van der Waals surface area (Å²) < 4.78 is 0. The summed E-state index contributed by atoms with van der Waals surface area (Å²) in [6, 6.07) is 18.5. The van der Waals surface area contributed by atoms with Gasteiger partial charge in [-0.1, -0.05) is 55.5 Å². The van der Waals surface area contributed by atoms with Crippen molar-refractivity contribution in [2.24, 2.45) is 0 Å². The molecule has 1 aliphatic rings. The quantitative estimate of drug-likeness (QED) is 0.770. The minimum atomic E-state index is -0.0436. The lowest BCUT2D eigenvalue weighted by atomic mass is 9.93. The lowest BCUT2D eigenvalue weighted by molar-refractivity contribution is -0.133. The van der Waals surface area contributed by atoms with Gasteiger partial charge in [-0.25, -0.2) is 0 Å². The van der Waals surface area contributed by atoms with E-state index in [0.717, 1.165) is 24.9 Å². The number of nitrogens with zero attached hydrogens (tertiary/aromatic N) is 1. The van der Waals surface area contributed by atoms with Gasteiger partial charge in [0.2, 0.25) is 5.91 Å². The third kappa shape index (κ3) is 2.50. The molecule has 0 saturated heterocycles. The van der Waals surface area contributed by atoms with E-state index < -0.39 is 0 Å². The molecule has 2 heterocycles. The Balaban J connectivity index is 1.63. The second-order valence-electron chi connectivity index (χ2n) is 6.51. The Labute approximate surface area is 142 Å². The lowest BCUT2D eigenvalue weighted by Gasteiger charge is -2.30. The van der Waals surface area contributed by atoms with E-state index in [1.807, 2.05) is 23.1 Å². The average molecular weight is 318 g/mol. The Morgan fingerprint density at radius 3 is 2.67 bits per heavy atom. The number of para-hydroxylation sites is 1. The van der Waals surface area contributed by atoms with Crippen molar-refractivity contribution in [3.05, 3.63) is 71.4 Å². The first-order chi connectivity index (χ1) is 11.8. The Bertz CT molecular complexity index is 866. The van der Waals surface area contributed by atoms with E-state index in [4.69, 9.17) is 0 Å². The fraction of sp³-hybridized carbons (Fsp3) is 0.286. The molecule has 24 heavy (non-hydrogen) atoms. The van der Waals surface area contributed by atoms with Crippen molar-refractivity contribution in [1.82, 2.24) is 9.88 Å². The molecule has 1 atom stereocenters. The van der Waals surface area contributed by atoms with Crippen LogP contribution in [0.15, 0.2) is 54.6 Å². The van der Waals surface area contributed by atoms with Gasteiger partial charge in [-0.15, -0.1) is 0 Å². The highest BCUT2D eigenvalue weighted by Crippen LogP contribution is 2.30. The van der Waals surface area contributed by atoms with Crippen molar-refractivity contribution in [3.63, 3.8) is 0 Å². The minimum absolute atomic E-state index is 0.0436. The number of benzene rings is 2. The number of rotatable bonds is 3. The van der Waals surface area contributed by atoms with Gasteiger partial charge < -0.3 is 9.88 Å². The summed E-state index contributed by atoms with van der Waals surface area (Å²) in [7, 11) is 0. The van der Waals surface area contributed by atoms with Crippen LogP contribution in [0.25, 0.3) is 10.9 Å². The highest BCUT2D eigenvalue weighted by atomic mass is 16.2. The maximum Gasteiger partial charge on any atom is 0.230 e. The van der Waals surface area contributed by atoms with Crippen molar-refractivity contribution >= 4 is 16.8 Å². The van der Waals surface area contributed by atoms with Gasteiger partial charge in [0, 0.05) is 41.7 Å².